The second-order valence-corrected chi connectivity index (χ2v) is 8.97. The fourth-order valence-corrected chi connectivity index (χ4v) is 5.19. The Morgan fingerprint density at radius 1 is 1.00 bits per heavy atom. The molecule has 2 aliphatic heterocycles. The predicted molar refractivity (Wildman–Crippen MR) is 133 cm³/mol. The summed E-state index contributed by atoms with van der Waals surface area (Å²) in [5, 5.41) is 19.0. The topological polar surface area (TPSA) is 112 Å². The van der Waals surface area contributed by atoms with Crippen LogP contribution in [0.25, 0.3) is 0 Å². The van der Waals surface area contributed by atoms with Gasteiger partial charge < -0.3 is 24.8 Å². The summed E-state index contributed by atoms with van der Waals surface area (Å²) in [6, 6.07) is 17.6. The molecular formula is C27H23N3O6. The lowest BCUT2D eigenvalue weighted by Crippen LogP contribution is -2.27. The number of carbonyl (C=O) groups excluding carboxylic acids is 1. The van der Waals surface area contributed by atoms with Gasteiger partial charge in [-0.05, 0) is 48.2 Å². The van der Waals surface area contributed by atoms with E-state index in [1.54, 1.807) is 13.2 Å². The van der Waals surface area contributed by atoms with Gasteiger partial charge in [0, 0.05) is 17.7 Å². The van der Waals surface area contributed by atoms with Gasteiger partial charge >= 0.3 is 0 Å². The molecule has 2 atom stereocenters. The van der Waals surface area contributed by atoms with Crippen molar-refractivity contribution in [2.75, 3.05) is 24.5 Å². The van der Waals surface area contributed by atoms with Gasteiger partial charge in [0.05, 0.1) is 41.1 Å². The minimum atomic E-state index is -0.746. The van der Waals surface area contributed by atoms with Gasteiger partial charge in [-0.2, -0.15) is 0 Å². The highest BCUT2D eigenvalue weighted by atomic mass is 16.7. The maximum absolute atomic E-state index is 13.8. The number of anilines is 2. The highest BCUT2D eigenvalue weighted by Gasteiger charge is 2.39. The summed E-state index contributed by atoms with van der Waals surface area (Å²) in [4.78, 5) is 25.4. The zero-order valence-corrected chi connectivity index (χ0v) is 19.4. The number of Topliss-reactive ketones (excluding diaryl/α,β-unsaturated/α-hetero) is 1. The maximum atomic E-state index is 13.8. The molecule has 9 nitrogen and oxygen atoms in total. The lowest BCUT2D eigenvalue weighted by atomic mass is 9.78. The molecular weight excluding hydrogens is 462 g/mol. The minimum Gasteiger partial charge on any atom is -0.497 e. The van der Waals surface area contributed by atoms with Crippen LogP contribution < -0.4 is 24.8 Å². The SMILES string of the molecule is COc1cccc([C@H]2CC(=O)C3=C(C2)Nc2ccccc2N[C@H]3c2cc3c(cc2[N+](=O)[O-])OCO3)c1. The van der Waals surface area contributed by atoms with Crippen molar-refractivity contribution < 1.29 is 23.9 Å². The van der Waals surface area contributed by atoms with E-state index in [0.29, 0.717) is 29.1 Å². The van der Waals surface area contributed by atoms with Crippen LogP contribution in [0.15, 0.2) is 71.9 Å². The molecule has 2 heterocycles. The first-order valence-corrected chi connectivity index (χ1v) is 11.6. The molecule has 0 spiro atoms. The van der Waals surface area contributed by atoms with Crippen molar-refractivity contribution in [3.05, 3.63) is 93.2 Å². The number of nitrogens with one attached hydrogen (secondary N) is 2. The van der Waals surface area contributed by atoms with Crippen molar-refractivity contribution in [2.24, 2.45) is 0 Å². The fraction of sp³-hybridized carbons (Fsp3) is 0.222. The van der Waals surface area contributed by atoms with Gasteiger partial charge in [-0.3, -0.25) is 14.9 Å². The Morgan fingerprint density at radius 2 is 1.78 bits per heavy atom. The van der Waals surface area contributed by atoms with Crippen LogP contribution in [0.5, 0.6) is 17.2 Å². The predicted octanol–water partition coefficient (Wildman–Crippen LogP) is 5.31. The molecule has 0 saturated carbocycles. The second kappa shape index (κ2) is 8.60. The lowest BCUT2D eigenvalue weighted by molar-refractivity contribution is -0.385. The van der Waals surface area contributed by atoms with E-state index in [1.807, 2.05) is 48.5 Å². The first kappa shape index (κ1) is 22.0. The molecule has 3 aliphatic rings. The van der Waals surface area contributed by atoms with Gasteiger partial charge in [-0.1, -0.05) is 24.3 Å². The quantitative estimate of drug-likeness (QED) is 0.378. The number of methoxy groups -OCH3 is 1. The molecule has 36 heavy (non-hydrogen) atoms. The van der Waals surface area contributed by atoms with Gasteiger partial charge in [-0.25, -0.2) is 0 Å². The summed E-state index contributed by atoms with van der Waals surface area (Å²) < 4.78 is 16.3. The van der Waals surface area contributed by atoms with E-state index in [-0.39, 0.29) is 30.6 Å². The van der Waals surface area contributed by atoms with Gasteiger partial charge in [0.1, 0.15) is 5.75 Å². The van der Waals surface area contributed by atoms with E-state index in [9.17, 15) is 14.9 Å². The van der Waals surface area contributed by atoms with Crippen molar-refractivity contribution in [1.82, 2.24) is 0 Å². The van der Waals surface area contributed by atoms with Crippen LogP contribution in [0, 0.1) is 10.1 Å². The molecule has 0 bridgehead atoms. The van der Waals surface area contributed by atoms with E-state index in [0.717, 1.165) is 28.4 Å². The standard InChI is InChI=1S/C27H23N3O6/c1-34-17-6-4-5-15(9-17)16-10-21-26(23(31)11-16)27(29-20-8-3-2-7-19(20)28-21)18-12-24-25(36-14-35-24)13-22(18)30(32)33/h2-9,12-13,16,27-29H,10-11,14H2,1H3/t16-,27+/m1/s1. The van der Waals surface area contributed by atoms with Crippen molar-refractivity contribution in [1.29, 1.82) is 0 Å². The lowest BCUT2D eigenvalue weighted by Gasteiger charge is -2.30. The van der Waals surface area contributed by atoms with E-state index in [4.69, 9.17) is 14.2 Å². The van der Waals surface area contributed by atoms with E-state index < -0.39 is 11.0 Å². The van der Waals surface area contributed by atoms with Crippen LogP contribution in [0.3, 0.4) is 0 Å². The van der Waals surface area contributed by atoms with Crippen molar-refractivity contribution in [3.63, 3.8) is 0 Å². The maximum Gasteiger partial charge on any atom is 0.279 e. The summed E-state index contributed by atoms with van der Waals surface area (Å²) in [6.45, 7) is -0.00643. The average Bonchev–Trinajstić information content (AvgIpc) is 3.28. The monoisotopic (exact) mass is 485 g/mol. The number of nitro benzene ring substituents is 1. The van der Waals surface area contributed by atoms with Gasteiger partial charge in [0.15, 0.2) is 17.3 Å². The van der Waals surface area contributed by atoms with Gasteiger partial charge in [0.25, 0.3) is 5.69 Å². The van der Waals surface area contributed by atoms with Crippen LogP contribution in [0.2, 0.25) is 0 Å². The Hall–Kier alpha value is -4.53. The molecule has 0 fully saturated rings. The average molecular weight is 485 g/mol. The third kappa shape index (κ3) is 3.69. The smallest absolute Gasteiger partial charge is 0.279 e. The number of nitrogens with zero attached hydrogens (tertiary/aromatic N) is 1. The number of benzene rings is 3. The van der Waals surface area contributed by atoms with E-state index in [2.05, 4.69) is 10.6 Å². The van der Waals surface area contributed by atoms with Crippen LogP contribution in [0.1, 0.15) is 35.9 Å². The molecule has 6 rings (SSSR count). The summed E-state index contributed by atoms with van der Waals surface area (Å²) >= 11 is 0. The number of hydrogen-bond donors (Lipinski definition) is 2. The zero-order valence-electron chi connectivity index (χ0n) is 19.4. The van der Waals surface area contributed by atoms with Crippen LogP contribution >= 0.6 is 0 Å². The number of fused-ring (bicyclic) bond motifs is 2. The van der Waals surface area contributed by atoms with Crippen molar-refractivity contribution in [3.8, 4) is 17.2 Å². The Kier molecular flexibility index (Phi) is 5.25. The Bertz CT molecular complexity index is 1430. The number of carbonyl (C=O) groups is 1. The molecule has 0 amide bonds. The van der Waals surface area contributed by atoms with Gasteiger partial charge in [-0.15, -0.1) is 0 Å². The minimum absolute atomic E-state index is 0.00643. The normalized spacial score (nSPS) is 20.0. The van der Waals surface area contributed by atoms with Gasteiger partial charge in [0.2, 0.25) is 6.79 Å². The molecule has 0 aromatic heterocycles. The largest absolute Gasteiger partial charge is 0.497 e. The number of hydrogen-bond acceptors (Lipinski definition) is 8. The number of para-hydroxylation sites is 2. The van der Waals surface area contributed by atoms with Crippen LogP contribution in [-0.2, 0) is 4.79 Å². The van der Waals surface area contributed by atoms with E-state index >= 15 is 0 Å². The van der Waals surface area contributed by atoms with Crippen molar-refractivity contribution in [2.45, 2.75) is 24.8 Å². The molecule has 3 aromatic carbocycles. The summed E-state index contributed by atoms with van der Waals surface area (Å²) in [5.41, 5.74) is 4.01. The first-order chi connectivity index (χ1) is 17.5. The number of ether oxygens (including phenoxy) is 3. The molecule has 3 aromatic rings. The number of rotatable bonds is 4. The third-order valence-corrected chi connectivity index (χ3v) is 6.90. The van der Waals surface area contributed by atoms with Crippen LogP contribution in [-0.4, -0.2) is 24.6 Å². The highest BCUT2D eigenvalue weighted by Crippen LogP contribution is 2.48. The Labute approximate surface area is 206 Å². The summed E-state index contributed by atoms with van der Waals surface area (Å²) in [6.07, 6.45) is 0.847. The molecule has 0 unspecified atom stereocenters. The molecule has 182 valence electrons. The summed E-state index contributed by atoms with van der Waals surface area (Å²) in [7, 11) is 1.62. The number of ketones is 1. The van der Waals surface area contributed by atoms with E-state index in [1.165, 1.54) is 6.07 Å². The Balaban J connectivity index is 1.50. The highest BCUT2D eigenvalue weighted by molar-refractivity contribution is 6.01. The van der Waals surface area contributed by atoms with Crippen molar-refractivity contribution >= 4 is 22.8 Å². The number of allylic oxidation sites excluding steroid dienone is 1. The summed E-state index contributed by atoms with van der Waals surface area (Å²) in [5.74, 6) is 1.34. The molecule has 0 saturated heterocycles. The molecule has 1 aliphatic carbocycles. The number of nitro groups is 1. The van der Waals surface area contributed by atoms with Crippen LogP contribution in [0.4, 0.5) is 17.1 Å². The first-order valence-electron chi connectivity index (χ1n) is 11.6. The molecule has 2 N–H and O–H groups in total. The fourth-order valence-electron chi connectivity index (χ4n) is 5.19. The zero-order chi connectivity index (χ0) is 24.8. The molecule has 0 radical (unpaired) electrons. The second-order valence-electron chi connectivity index (χ2n) is 8.97. The Morgan fingerprint density at radius 3 is 2.56 bits per heavy atom. The third-order valence-electron chi connectivity index (χ3n) is 6.90. The molecule has 9 heteroatoms.